The predicted molar refractivity (Wildman–Crippen MR) is 107 cm³/mol. The molecule has 1 atom stereocenters. The average Bonchev–Trinajstić information content (AvgIpc) is 3.09. The summed E-state index contributed by atoms with van der Waals surface area (Å²) >= 11 is 6.81. The molecule has 0 bridgehead atoms. The Morgan fingerprint density at radius 1 is 1.22 bits per heavy atom. The monoisotopic (exact) mass is 448 g/mol. The van der Waals surface area contributed by atoms with Gasteiger partial charge in [-0.2, -0.15) is 0 Å². The molecule has 0 aliphatic carbocycles. The molecular weight excluding hydrogens is 428 g/mol. The number of thiazole rings is 1. The summed E-state index contributed by atoms with van der Waals surface area (Å²) < 4.78 is 50.9. The lowest BCUT2D eigenvalue weighted by Gasteiger charge is -2.31. The van der Waals surface area contributed by atoms with Gasteiger partial charge in [0.1, 0.15) is 5.00 Å². The molecule has 148 valence electrons. The topological polar surface area (TPSA) is 84.4 Å². The molecule has 6 nitrogen and oxygen atoms in total. The minimum absolute atomic E-state index is 0.0453. The van der Waals surface area contributed by atoms with Crippen LogP contribution >= 0.6 is 22.9 Å². The number of aromatic nitrogens is 1. The van der Waals surface area contributed by atoms with Crippen LogP contribution in [-0.4, -0.2) is 40.7 Å². The van der Waals surface area contributed by atoms with Gasteiger partial charge < -0.3 is 4.90 Å². The average molecular weight is 449 g/mol. The maximum absolute atomic E-state index is 13.2. The Hall–Kier alpha value is -1.16. The first-order chi connectivity index (χ1) is 12.6. The summed E-state index contributed by atoms with van der Waals surface area (Å²) in [7, 11) is -7.57. The molecule has 1 aliphatic heterocycles. The van der Waals surface area contributed by atoms with Crippen molar-refractivity contribution in [2.75, 3.05) is 23.7 Å². The Morgan fingerprint density at radius 3 is 2.48 bits per heavy atom. The van der Waals surface area contributed by atoms with Gasteiger partial charge in [-0.25, -0.2) is 21.8 Å². The van der Waals surface area contributed by atoms with Gasteiger partial charge in [-0.3, -0.25) is 0 Å². The highest BCUT2D eigenvalue weighted by Gasteiger charge is 2.33. The normalized spacial score (nSPS) is 18.6. The fourth-order valence-corrected chi connectivity index (χ4v) is 7.30. The van der Waals surface area contributed by atoms with Crippen molar-refractivity contribution in [3.63, 3.8) is 0 Å². The second-order valence-corrected chi connectivity index (χ2v) is 12.4. The van der Waals surface area contributed by atoms with Crippen molar-refractivity contribution in [3.05, 3.63) is 29.3 Å². The van der Waals surface area contributed by atoms with E-state index in [4.69, 9.17) is 11.6 Å². The highest BCUT2D eigenvalue weighted by Crippen LogP contribution is 2.39. The smallest absolute Gasteiger partial charge is 0.226 e. The molecule has 3 rings (SSSR count). The van der Waals surface area contributed by atoms with E-state index in [1.807, 2.05) is 4.90 Å². The van der Waals surface area contributed by atoms with E-state index in [-0.39, 0.29) is 20.0 Å². The number of piperidine rings is 1. The van der Waals surface area contributed by atoms with Crippen molar-refractivity contribution in [1.82, 2.24) is 4.98 Å². The number of sulfone groups is 2. The molecule has 0 unspecified atom stereocenters. The fourth-order valence-electron chi connectivity index (χ4n) is 3.01. The van der Waals surface area contributed by atoms with Gasteiger partial charge in [0.15, 0.2) is 5.03 Å². The third-order valence-corrected chi connectivity index (χ3v) is 9.90. The minimum Gasteiger partial charge on any atom is -0.361 e. The molecule has 0 radical (unpaired) electrons. The molecule has 1 aliphatic rings. The summed E-state index contributed by atoms with van der Waals surface area (Å²) in [6, 6.07) is 5.81. The number of anilines is 1. The number of hydrogen-bond acceptors (Lipinski definition) is 7. The van der Waals surface area contributed by atoms with E-state index >= 15 is 0 Å². The summed E-state index contributed by atoms with van der Waals surface area (Å²) in [5.74, 6) is 0.273. The van der Waals surface area contributed by atoms with Gasteiger partial charge in [0.25, 0.3) is 0 Å². The standard InChI is InChI=1S/C17H21ClN2O4S3/c1-3-26(21,22)17-19-15(16(25-17)20-10-4-5-12(2)11-20)27(23,24)14-8-6-13(18)7-9-14/h6-9,12H,3-5,10-11H2,1-2H3/t12-/m1/s1. The number of benzene rings is 1. The second kappa shape index (κ2) is 7.69. The van der Waals surface area contributed by atoms with Crippen LogP contribution in [0.4, 0.5) is 5.00 Å². The zero-order valence-corrected chi connectivity index (χ0v) is 18.3. The van der Waals surface area contributed by atoms with Crippen molar-refractivity contribution in [2.45, 2.75) is 41.0 Å². The number of rotatable bonds is 5. The fraction of sp³-hybridized carbons (Fsp3) is 0.471. The molecule has 2 aromatic rings. The van der Waals surface area contributed by atoms with E-state index in [1.165, 1.54) is 31.2 Å². The van der Waals surface area contributed by atoms with Crippen molar-refractivity contribution in [2.24, 2.45) is 5.92 Å². The van der Waals surface area contributed by atoms with Gasteiger partial charge in [0.05, 0.1) is 10.6 Å². The van der Waals surface area contributed by atoms with E-state index in [9.17, 15) is 16.8 Å². The number of hydrogen-bond donors (Lipinski definition) is 0. The molecule has 1 saturated heterocycles. The Balaban J connectivity index is 2.16. The minimum atomic E-state index is -3.97. The lowest BCUT2D eigenvalue weighted by molar-refractivity contribution is 0.446. The quantitative estimate of drug-likeness (QED) is 0.693. The Bertz CT molecular complexity index is 1030. The highest BCUT2D eigenvalue weighted by molar-refractivity contribution is 7.94. The summed E-state index contributed by atoms with van der Waals surface area (Å²) in [5.41, 5.74) is 0. The van der Waals surface area contributed by atoms with Gasteiger partial charge in [-0.1, -0.05) is 36.8 Å². The number of halogens is 1. The van der Waals surface area contributed by atoms with Crippen LogP contribution in [0, 0.1) is 5.92 Å². The van der Waals surface area contributed by atoms with E-state index in [1.54, 1.807) is 0 Å². The van der Waals surface area contributed by atoms with Crippen LogP contribution in [0.25, 0.3) is 0 Å². The Labute approximate surface area is 169 Å². The molecule has 0 saturated carbocycles. The SMILES string of the molecule is CCS(=O)(=O)c1nc(S(=O)(=O)c2ccc(Cl)cc2)c(N2CCC[C@@H](C)C2)s1. The van der Waals surface area contributed by atoms with Crippen LogP contribution < -0.4 is 4.90 Å². The third kappa shape index (κ3) is 4.16. The predicted octanol–water partition coefficient (Wildman–Crippen LogP) is 3.66. The molecule has 27 heavy (non-hydrogen) atoms. The van der Waals surface area contributed by atoms with E-state index in [0.29, 0.717) is 29.0 Å². The van der Waals surface area contributed by atoms with Gasteiger partial charge in [-0.15, -0.1) is 0 Å². The second-order valence-electron chi connectivity index (χ2n) is 6.64. The summed E-state index contributed by atoms with van der Waals surface area (Å²) in [4.78, 5) is 6.08. The van der Waals surface area contributed by atoms with E-state index in [0.717, 1.165) is 24.2 Å². The first-order valence-corrected chi connectivity index (χ1v) is 13.0. The summed E-state index contributed by atoms with van der Waals surface area (Å²) in [6.45, 7) is 4.98. The lowest BCUT2D eigenvalue weighted by Crippen LogP contribution is -2.34. The largest absolute Gasteiger partial charge is 0.361 e. The van der Waals surface area contributed by atoms with Crippen LogP contribution in [0.1, 0.15) is 26.7 Å². The van der Waals surface area contributed by atoms with Gasteiger partial charge in [0.2, 0.25) is 24.0 Å². The van der Waals surface area contributed by atoms with Gasteiger partial charge >= 0.3 is 0 Å². The van der Waals surface area contributed by atoms with Gasteiger partial charge in [0, 0.05) is 18.1 Å². The lowest BCUT2D eigenvalue weighted by atomic mass is 10.0. The molecule has 0 spiro atoms. The number of nitrogens with zero attached hydrogens (tertiary/aromatic N) is 2. The summed E-state index contributed by atoms with van der Waals surface area (Å²) in [6.07, 6.45) is 1.99. The molecule has 10 heteroatoms. The van der Waals surface area contributed by atoms with Crippen LogP contribution in [0.3, 0.4) is 0 Å². The Kier molecular flexibility index (Phi) is 5.86. The van der Waals surface area contributed by atoms with Crippen LogP contribution in [0.15, 0.2) is 38.5 Å². The molecule has 2 heterocycles. The van der Waals surface area contributed by atoms with Crippen LogP contribution in [0.2, 0.25) is 5.02 Å². The summed E-state index contributed by atoms with van der Waals surface area (Å²) in [5, 5.41) is 0.644. The van der Waals surface area contributed by atoms with Crippen LogP contribution in [0.5, 0.6) is 0 Å². The molecule has 0 amide bonds. The zero-order valence-electron chi connectivity index (χ0n) is 15.1. The molecule has 1 aromatic carbocycles. The van der Waals surface area contributed by atoms with Gasteiger partial charge in [-0.05, 0) is 43.0 Å². The zero-order chi connectivity index (χ0) is 19.8. The maximum atomic E-state index is 13.2. The maximum Gasteiger partial charge on any atom is 0.226 e. The van der Waals surface area contributed by atoms with Crippen molar-refractivity contribution in [3.8, 4) is 0 Å². The first kappa shape index (κ1) is 20.6. The van der Waals surface area contributed by atoms with E-state index < -0.39 is 19.7 Å². The molecule has 1 fully saturated rings. The first-order valence-electron chi connectivity index (χ1n) is 8.64. The molecule has 1 aromatic heterocycles. The third-order valence-electron chi connectivity index (χ3n) is 4.53. The van der Waals surface area contributed by atoms with Crippen LogP contribution in [-0.2, 0) is 19.7 Å². The van der Waals surface area contributed by atoms with E-state index in [2.05, 4.69) is 11.9 Å². The van der Waals surface area contributed by atoms with Crippen molar-refractivity contribution < 1.29 is 16.8 Å². The van der Waals surface area contributed by atoms with Crippen molar-refractivity contribution in [1.29, 1.82) is 0 Å². The molecular formula is C17H21ClN2O4S3. The van der Waals surface area contributed by atoms with Crippen molar-refractivity contribution >= 4 is 47.6 Å². The molecule has 0 N–H and O–H groups in total. The highest BCUT2D eigenvalue weighted by atomic mass is 35.5. The Morgan fingerprint density at radius 2 is 1.89 bits per heavy atom.